The Morgan fingerprint density at radius 2 is 1.88 bits per heavy atom. The number of thioether (sulfide) groups is 1. The van der Waals surface area contributed by atoms with Gasteiger partial charge in [0.1, 0.15) is 17.7 Å². The first-order valence-electron chi connectivity index (χ1n) is 10.7. The van der Waals surface area contributed by atoms with Crippen molar-refractivity contribution in [3.8, 4) is 5.75 Å². The molecule has 170 valence electrons. The number of carbonyl (C=O) groups is 2. The second kappa shape index (κ2) is 10.8. The van der Waals surface area contributed by atoms with Crippen LogP contribution in [0.25, 0.3) is 0 Å². The standard InChI is InChI=1S/C26H25ClN2O3S/c1-18-3-2-4-23(15-18)32-14-13-28-25(31)20-7-9-21(10-8-20)26-29(24(30)17-33-26)16-19-5-11-22(27)12-6-19/h2-12,15,26H,13-14,16-17H2,1H3,(H,28,31)/t26-/m0/s1. The highest BCUT2D eigenvalue weighted by molar-refractivity contribution is 8.00. The lowest BCUT2D eigenvalue weighted by Crippen LogP contribution is -2.28. The molecule has 1 atom stereocenters. The molecule has 0 bridgehead atoms. The number of carbonyl (C=O) groups excluding carboxylic acids is 2. The molecule has 3 aromatic rings. The molecule has 1 N–H and O–H groups in total. The third-order valence-electron chi connectivity index (χ3n) is 5.34. The normalized spacial score (nSPS) is 15.5. The van der Waals surface area contributed by atoms with E-state index in [0.717, 1.165) is 22.4 Å². The van der Waals surface area contributed by atoms with Crippen molar-refractivity contribution in [3.63, 3.8) is 0 Å². The van der Waals surface area contributed by atoms with E-state index in [2.05, 4.69) is 5.32 Å². The first-order chi connectivity index (χ1) is 16.0. The quantitative estimate of drug-likeness (QED) is 0.448. The summed E-state index contributed by atoms with van der Waals surface area (Å²) in [7, 11) is 0. The van der Waals surface area contributed by atoms with E-state index in [0.29, 0.717) is 36.0 Å². The number of amides is 2. The molecule has 2 amide bonds. The minimum absolute atomic E-state index is 0.0759. The van der Waals surface area contributed by atoms with Crippen molar-refractivity contribution >= 4 is 35.2 Å². The molecule has 1 saturated heterocycles. The molecule has 0 spiro atoms. The summed E-state index contributed by atoms with van der Waals surface area (Å²) in [5.41, 5.74) is 3.74. The zero-order valence-electron chi connectivity index (χ0n) is 18.3. The molecular formula is C26H25ClN2O3S. The molecule has 0 aromatic heterocycles. The van der Waals surface area contributed by atoms with Gasteiger partial charge in [-0.05, 0) is 60.0 Å². The van der Waals surface area contributed by atoms with Crippen molar-refractivity contribution in [3.05, 3.63) is 100 Å². The Morgan fingerprint density at radius 1 is 1.12 bits per heavy atom. The molecule has 0 saturated carbocycles. The second-order valence-electron chi connectivity index (χ2n) is 7.85. The van der Waals surface area contributed by atoms with Gasteiger partial charge in [-0.3, -0.25) is 9.59 Å². The van der Waals surface area contributed by atoms with E-state index in [1.807, 2.05) is 72.5 Å². The van der Waals surface area contributed by atoms with Gasteiger partial charge >= 0.3 is 0 Å². The van der Waals surface area contributed by atoms with Gasteiger partial charge in [0, 0.05) is 17.1 Å². The molecule has 33 heavy (non-hydrogen) atoms. The largest absolute Gasteiger partial charge is 0.492 e. The highest BCUT2D eigenvalue weighted by Gasteiger charge is 2.32. The van der Waals surface area contributed by atoms with Gasteiger partial charge in [-0.2, -0.15) is 0 Å². The van der Waals surface area contributed by atoms with Crippen molar-refractivity contribution in [1.82, 2.24) is 10.2 Å². The fraction of sp³-hybridized carbons (Fsp3) is 0.231. The number of nitrogens with one attached hydrogen (secondary N) is 1. The average molecular weight is 481 g/mol. The molecular weight excluding hydrogens is 456 g/mol. The molecule has 1 fully saturated rings. The Kier molecular flexibility index (Phi) is 7.57. The predicted molar refractivity (Wildman–Crippen MR) is 133 cm³/mol. The highest BCUT2D eigenvalue weighted by atomic mass is 35.5. The van der Waals surface area contributed by atoms with Gasteiger partial charge < -0.3 is 15.0 Å². The fourth-order valence-corrected chi connectivity index (χ4v) is 4.94. The van der Waals surface area contributed by atoms with Gasteiger partial charge in [0.15, 0.2) is 0 Å². The van der Waals surface area contributed by atoms with E-state index < -0.39 is 0 Å². The van der Waals surface area contributed by atoms with Crippen LogP contribution in [0.1, 0.15) is 32.4 Å². The van der Waals surface area contributed by atoms with Crippen molar-refractivity contribution in [2.45, 2.75) is 18.8 Å². The number of halogens is 1. The minimum atomic E-state index is -0.150. The predicted octanol–water partition coefficient (Wildman–Crippen LogP) is 5.23. The van der Waals surface area contributed by atoms with Crippen LogP contribution >= 0.6 is 23.4 Å². The number of nitrogens with zero attached hydrogens (tertiary/aromatic N) is 1. The molecule has 5 nitrogen and oxygen atoms in total. The van der Waals surface area contributed by atoms with Crippen LogP contribution in [-0.4, -0.2) is 35.6 Å². The molecule has 1 aliphatic rings. The molecule has 1 aliphatic heterocycles. The Balaban J connectivity index is 1.32. The summed E-state index contributed by atoms with van der Waals surface area (Å²) in [6.45, 7) is 3.34. The number of hydrogen-bond donors (Lipinski definition) is 1. The number of benzene rings is 3. The highest BCUT2D eigenvalue weighted by Crippen LogP contribution is 2.39. The zero-order chi connectivity index (χ0) is 23.2. The lowest BCUT2D eigenvalue weighted by atomic mass is 10.1. The van der Waals surface area contributed by atoms with E-state index in [4.69, 9.17) is 16.3 Å². The summed E-state index contributed by atoms with van der Waals surface area (Å²) in [6, 6.07) is 22.8. The first kappa shape index (κ1) is 23.2. The monoisotopic (exact) mass is 480 g/mol. The van der Waals surface area contributed by atoms with Crippen LogP contribution in [0.4, 0.5) is 0 Å². The summed E-state index contributed by atoms with van der Waals surface area (Å²) in [5.74, 6) is 1.19. The molecule has 0 aliphatic carbocycles. The van der Waals surface area contributed by atoms with Crippen LogP contribution in [0.15, 0.2) is 72.8 Å². The fourth-order valence-electron chi connectivity index (χ4n) is 3.63. The van der Waals surface area contributed by atoms with Gasteiger partial charge in [0.05, 0.1) is 12.3 Å². The van der Waals surface area contributed by atoms with Crippen LogP contribution in [0.2, 0.25) is 5.02 Å². The third-order valence-corrected chi connectivity index (χ3v) is 6.85. The Labute approximate surface area is 203 Å². The SMILES string of the molecule is Cc1cccc(OCCNC(=O)c2ccc([C@@H]3SCC(=O)N3Cc3ccc(Cl)cc3)cc2)c1. The Morgan fingerprint density at radius 3 is 2.61 bits per heavy atom. The summed E-state index contributed by atoms with van der Waals surface area (Å²) >= 11 is 7.57. The molecule has 7 heteroatoms. The third kappa shape index (κ3) is 6.09. The van der Waals surface area contributed by atoms with E-state index in [9.17, 15) is 9.59 Å². The molecule has 0 radical (unpaired) electrons. The smallest absolute Gasteiger partial charge is 0.251 e. The first-order valence-corrected chi connectivity index (χ1v) is 12.2. The van der Waals surface area contributed by atoms with E-state index >= 15 is 0 Å². The zero-order valence-corrected chi connectivity index (χ0v) is 19.9. The van der Waals surface area contributed by atoms with E-state index in [1.54, 1.807) is 23.9 Å². The summed E-state index contributed by atoms with van der Waals surface area (Å²) in [6.07, 6.45) is 0. The summed E-state index contributed by atoms with van der Waals surface area (Å²) < 4.78 is 5.67. The van der Waals surface area contributed by atoms with Gasteiger partial charge in [-0.1, -0.05) is 48.0 Å². The maximum atomic E-state index is 12.5. The van der Waals surface area contributed by atoms with Gasteiger partial charge in [0.2, 0.25) is 5.91 Å². The van der Waals surface area contributed by atoms with Crippen LogP contribution < -0.4 is 10.1 Å². The topological polar surface area (TPSA) is 58.6 Å². The number of rotatable bonds is 8. The van der Waals surface area contributed by atoms with Crippen LogP contribution in [0.5, 0.6) is 5.75 Å². The molecule has 0 unspecified atom stereocenters. The summed E-state index contributed by atoms with van der Waals surface area (Å²) in [4.78, 5) is 26.8. The molecule has 1 heterocycles. The lowest BCUT2D eigenvalue weighted by molar-refractivity contribution is -0.128. The van der Waals surface area contributed by atoms with Crippen molar-refractivity contribution < 1.29 is 14.3 Å². The van der Waals surface area contributed by atoms with Crippen molar-refractivity contribution in [2.24, 2.45) is 0 Å². The average Bonchev–Trinajstić information content (AvgIpc) is 3.18. The van der Waals surface area contributed by atoms with Crippen LogP contribution in [0, 0.1) is 6.92 Å². The van der Waals surface area contributed by atoms with Crippen molar-refractivity contribution in [2.75, 3.05) is 18.9 Å². The molecule has 4 rings (SSSR count). The summed E-state index contributed by atoms with van der Waals surface area (Å²) in [5, 5.41) is 3.48. The Bertz CT molecular complexity index is 1120. The lowest BCUT2D eigenvalue weighted by Gasteiger charge is -2.24. The molecule has 3 aromatic carbocycles. The number of hydrogen-bond acceptors (Lipinski definition) is 4. The number of aryl methyl sites for hydroxylation is 1. The van der Waals surface area contributed by atoms with E-state index in [1.165, 1.54) is 0 Å². The number of ether oxygens (including phenoxy) is 1. The Hall–Kier alpha value is -2.96. The van der Waals surface area contributed by atoms with Crippen LogP contribution in [-0.2, 0) is 11.3 Å². The minimum Gasteiger partial charge on any atom is -0.492 e. The second-order valence-corrected chi connectivity index (χ2v) is 9.36. The maximum Gasteiger partial charge on any atom is 0.251 e. The van der Waals surface area contributed by atoms with E-state index in [-0.39, 0.29) is 17.2 Å². The van der Waals surface area contributed by atoms with Gasteiger partial charge in [0.25, 0.3) is 5.91 Å². The van der Waals surface area contributed by atoms with Crippen molar-refractivity contribution in [1.29, 1.82) is 0 Å². The van der Waals surface area contributed by atoms with Gasteiger partial charge in [-0.25, -0.2) is 0 Å². The maximum absolute atomic E-state index is 12.5. The van der Waals surface area contributed by atoms with Crippen LogP contribution in [0.3, 0.4) is 0 Å². The van der Waals surface area contributed by atoms with Gasteiger partial charge in [-0.15, -0.1) is 11.8 Å².